The van der Waals surface area contributed by atoms with E-state index in [1.165, 1.54) is 11.8 Å². The van der Waals surface area contributed by atoms with Crippen molar-refractivity contribution in [1.29, 1.82) is 0 Å². The Hall–Kier alpha value is -2.17. The van der Waals surface area contributed by atoms with Crippen LogP contribution in [0.2, 0.25) is 0 Å². The summed E-state index contributed by atoms with van der Waals surface area (Å²) in [7, 11) is 0. The Morgan fingerprint density at radius 2 is 2.26 bits per heavy atom. The van der Waals surface area contributed by atoms with Gasteiger partial charge in [-0.05, 0) is 24.0 Å². The molecule has 0 bridgehead atoms. The highest BCUT2D eigenvalue weighted by Gasteiger charge is 2.17. The second-order valence-corrected chi connectivity index (χ2v) is 6.18. The van der Waals surface area contributed by atoms with Crippen molar-refractivity contribution < 1.29 is 13.6 Å². The zero-order valence-corrected chi connectivity index (χ0v) is 13.7. The van der Waals surface area contributed by atoms with Crippen molar-refractivity contribution in [3.8, 4) is 0 Å². The molecular formula is C13H14N4O4S2. The van der Waals surface area contributed by atoms with E-state index in [4.69, 9.17) is 10.3 Å². The molecule has 1 unspecified atom stereocenters. The van der Waals surface area contributed by atoms with Gasteiger partial charge in [-0.15, -0.1) is 0 Å². The Morgan fingerprint density at radius 3 is 2.87 bits per heavy atom. The minimum absolute atomic E-state index is 0.0307. The molecule has 0 aliphatic heterocycles. The zero-order valence-electron chi connectivity index (χ0n) is 12.0. The Kier molecular flexibility index (Phi) is 5.53. The van der Waals surface area contributed by atoms with Crippen LogP contribution >= 0.6 is 11.8 Å². The molecule has 2 aromatic rings. The number of hydrogen-bond acceptors (Lipinski definition) is 6. The average Bonchev–Trinajstić information content (AvgIpc) is 2.45. The number of rotatable bonds is 6. The molecule has 10 heteroatoms. The lowest BCUT2D eigenvalue weighted by Crippen LogP contribution is -2.26. The number of amides is 1. The molecule has 0 saturated heterocycles. The predicted molar refractivity (Wildman–Crippen MR) is 89.4 cm³/mol. The van der Waals surface area contributed by atoms with Crippen LogP contribution in [0.25, 0.3) is 0 Å². The van der Waals surface area contributed by atoms with Gasteiger partial charge in [-0.25, -0.2) is 9.19 Å². The number of nitrogens with one attached hydrogen (secondary N) is 2. The van der Waals surface area contributed by atoms with Gasteiger partial charge in [-0.1, -0.05) is 23.9 Å². The van der Waals surface area contributed by atoms with Crippen molar-refractivity contribution >= 4 is 40.3 Å². The maximum Gasteiger partial charge on any atom is 0.266 e. The number of carbonyl (C=O) groups excluding carboxylic acids is 1. The van der Waals surface area contributed by atoms with E-state index in [9.17, 15) is 13.8 Å². The molecule has 1 aromatic carbocycles. The number of aromatic amines is 1. The smallest absolute Gasteiger partial charge is 0.266 e. The lowest BCUT2D eigenvalue weighted by molar-refractivity contribution is 0.0999. The van der Waals surface area contributed by atoms with Gasteiger partial charge in [0.05, 0.1) is 5.75 Å². The van der Waals surface area contributed by atoms with E-state index in [0.717, 1.165) is 0 Å². The van der Waals surface area contributed by atoms with Crippen LogP contribution in [0, 0.1) is 0 Å². The molecule has 0 spiro atoms. The summed E-state index contributed by atoms with van der Waals surface area (Å²) in [5.41, 5.74) is 5.46. The molecule has 1 atom stereocenters. The highest BCUT2D eigenvalue weighted by molar-refractivity contribution is 7.98. The molecule has 2 rings (SSSR count). The third-order valence-electron chi connectivity index (χ3n) is 2.82. The Morgan fingerprint density at radius 1 is 1.52 bits per heavy atom. The number of anilines is 2. The fourth-order valence-corrected chi connectivity index (χ4v) is 2.73. The van der Waals surface area contributed by atoms with Crippen LogP contribution in [0.4, 0.5) is 11.5 Å². The molecule has 5 N–H and O–H groups in total. The van der Waals surface area contributed by atoms with E-state index < -0.39 is 22.5 Å². The summed E-state index contributed by atoms with van der Waals surface area (Å²) in [5, 5.41) is 3.19. The number of carbonyl (C=O) groups is 1. The lowest BCUT2D eigenvalue weighted by Gasteiger charge is -2.10. The zero-order chi connectivity index (χ0) is 17.0. The van der Waals surface area contributed by atoms with Gasteiger partial charge < -0.3 is 20.6 Å². The van der Waals surface area contributed by atoms with Crippen molar-refractivity contribution in [1.82, 2.24) is 9.97 Å². The quantitative estimate of drug-likeness (QED) is 0.345. The predicted octanol–water partition coefficient (Wildman–Crippen LogP) is 1.06. The highest BCUT2D eigenvalue weighted by atomic mass is 32.2. The molecule has 1 heterocycles. The Balaban J connectivity index is 2.43. The third-order valence-corrected chi connectivity index (χ3v) is 3.98. The summed E-state index contributed by atoms with van der Waals surface area (Å²) in [4.78, 5) is 30.0. The molecule has 1 amide bonds. The number of nitrogens with two attached hydrogens (primary N) is 1. The largest absolute Gasteiger partial charge is 0.365 e. The topological polar surface area (TPSA) is 138 Å². The van der Waals surface area contributed by atoms with Crippen molar-refractivity contribution in [2.75, 3.05) is 11.6 Å². The van der Waals surface area contributed by atoms with Crippen LogP contribution in [0.1, 0.15) is 15.9 Å². The summed E-state index contributed by atoms with van der Waals surface area (Å²) in [6.07, 6.45) is 1.73. The molecule has 23 heavy (non-hydrogen) atoms. The number of benzene rings is 1. The number of aromatic nitrogens is 2. The molecule has 0 aliphatic carbocycles. The summed E-state index contributed by atoms with van der Waals surface area (Å²) >= 11 is -0.760. The first-order chi connectivity index (χ1) is 10.9. The molecular weight excluding hydrogens is 340 g/mol. The van der Waals surface area contributed by atoms with E-state index in [2.05, 4.69) is 15.3 Å². The molecule has 0 saturated carbocycles. The second kappa shape index (κ2) is 7.40. The first-order valence-corrected chi connectivity index (χ1v) is 8.82. The molecule has 0 fully saturated rings. The number of nitrogens with zero attached hydrogens (tertiary/aromatic N) is 1. The standard InChI is InChI=1S/C13H14N4O4S2/c1-22-13-16-11(9(10(14)18)12(19)17-13)15-8-4-2-3-7(5-8)6-23(20)21/h2-5H,6H2,1H3,(H2,14,18)(H,20,21)(H2,15,16,17,19). The lowest BCUT2D eigenvalue weighted by atomic mass is 10.2. The number of hydrogen-bond donors (Lipinski definition) is 4. The summed E-state index contributed by atoms with van der Waals surface area (Å²) in [6, 6.07) is 6.67. The Labute approximate surface area is 138 Å². The first-order valence-electron chi connectivity index (χ1n) is 6.32. The van der Waals surface area contributed by atoms with Gasteiger partial charge in [0.2, 0.25) is 0 Å². The van der Waals surface area contributed by atoms with Gasteiger partial charge in [0, 0.05) is 5.69 Å². The van der Waals surface area contributed by atoms with Crippen LogP contribution in [0.5, 0.6) is 0 Å². The SMILES string of the molecule is CSc1nc(Nc2cccc(CS(=O)O)c2)c(C(N)=O)c(=O)[nH]1. The summed E-state index contributed by atoms with van der Waals surface area (Å²) < 4.78 is 19.8. The molecule has 0 radical (unpaired) electrons. The molecule has 8 nitrogen and oxygen atoms in total. The second-order valence-electron chi connectivity index (χ2n) is 4.45. The van der Waals surface area contributed by atoms with Crippen LogP contribution in [-0.4, -0.2) is 30.9 Å². The van der Waals surface area contributed by atoms with Gasteiger partial charge in [0.25, 0.3) is 11.5 Å². The van der Waals surface area contributed by atoms with Crippen molar-refractivity contribution in [2.45, 2.75) is 10.9 Å². The van der Waals surface area contributed by atoms with E-state index in [-0.39, 0.29) is 17.1 Å². The highest BCUT2D eigenvalue weighted by Crippen LogP contribution is 2.20. The fourth-order valence-electron chi connectivity index (χ4n) is 1.89. The van der Waals surface area contributed by atoms with Gasteiger partial charge in [-0.2, -0.15) is 0 Å². The van der Waals surface area contributed by atoms with Gasteiger partial charge >= 0.3 is 0 Å². The average molecular weight is 354 g/mol. The number of H-pyrrole nitrogens is 1. The van der Waals surface area contributed by atoms with Gasteiger partial charge in [0.1, 0.15) is 5.56 Å². The molecule has 122 valence electrons. The van der Waals surface area contributed by atoms with Crippen molar-refractivity contribution in [3.63, 3.8) is 0 Å². The Bertz CT molecular complexity index is 822. The van der Waals surface area contributed by atoms with Crippen LogP contribution in [0.3, 0.4) is 0 Å². The normalized spacial score (nSPS) is 11.9. The van der Waals surface area contributed by atoms with Gasteiger partial charge in [0.15, 0.2) is 22.1 Å². The minimum Gasteiger partial charge on any atom is -0.365 e. The molecule has 0 aliphatic rings. The first kappa shape index (κ1) is 17.2. The monoisotopic (exact) mass is 354 g/mol. The van der Waals surface area contributed by atoms with Crippen LogP contribution in [-0.2, 0) is 16.8 Å². The minimum atomic E-state index is -1.97. The maximum absolute atomic E-state index is 11.9. The van der Waals surface area contributed by atoms with E-state index in [1.54, 1.807) is 30.5 Å². The van der Waals surface area contributed by atoms with Crippen LogP contribution < -0.4 is 16.6 Å². The molecule has 1 aromatic heterocycles. The van der Waals surface area contributed by atoms with E-state index in [1.807, 2.05) is 0 Å². The number of primary amides is 1. The van der Waals surface area contributed by atoms with Crippen molar-refractivity contribution in [3.05, 3.63) is 45.7 Å². The number of thioether (sulfide) groups is 1. The summed E-state index contributed by atoms with van der Waals surface area (Å²) in [6.45, 7) is 0. The summed E-state index contributed by atoms with van der Waals surface area (Å²) in [5.74, 6) is -0.897. The van der Waals surface area contributed by atoms with E-state index >= 15 is 0 Å². The maximum atomic E-state index is 11.9. The van der Waals surface area contributed by atoms with Crippen molar-refractivity contribution in [2.24, 2.45) is 5.73 Å². The van der Waals surface area contributed by atoms with Crippen LogP contribution in [0.15, 0.2) is 34.2 Å². The van der Waals surface area contributed by atoms with Gasteiger partial charge in [-0.3, -0.25) is 9.59 Å². The third kappa shape index (κ3) is 4.41. The fraction of sp³-hybridized carbons (Fsp3) is 0.154. The van der Waals surface area contributed by atoms with E-state index in [0.29, 0.717) is 16.4 Å².